The van der Waals surface area contributed by atoms with Gasteiger partial charge in [-0.25, -0.2) is 9.59 Å². The predicted octanol–water partition coefficient (Wildman–Crippen LogP) is 0.870. The molecule has 1 heterocycles. The van der Waals surface area contributed by atoms with Crippen LogP contribution in [-0.4, -0.2) is 80.7 Å². The fraction of sp³-hybridized carbons (Fsp3) is 0.440. The zero-order chi connectivity index (χ0) is 29.3. The molecule has 0 bridgehead atoms. The number of carbonyl (C=O) groups excluding carboxylic acids is 6. The van der Waals surface area contributed by atoms with Gasteiger partial charge in [0.25, 0.3) is 0 Å². The normalized spacial score (nSPS) is 22.3. The molecule has 39 heavy (non-hydrogen) atoms. The maximum Gasteiger partial charge on any atom is 0.339 e. The van der Waals surface area contributed by atoms with E-state index in [1.54, 1.807) is 0 Å². The van der Waals surface area contributed by atoms with Gasteiger partial charge in [-0.3, -0.25) is 19.2 Å². The van der Waals surface area contributed by atoms with Crippen molar-refractivity contribution in [3.63, 3.8) is 0 Å². The minimum Gasteiger partial charge on any atom is -0.467 e. The van der Waals surface area contributed by atoms with Crippen molar-refractivity contribution in [2.24, 2.45) is 0 Å². The maximum absolute atomic E-state index is 12.6. The van der Waals surface area contributed by atoms with E-state index in [1.807, 2.05) is 0 Å². The summed E-state index contributed by atoms with van der Waals surface area (Å²) in [6.45, 7) is 4.28. The van der Waals surface area contributed by atoms with Gasteiger partial charge in [0.2, 0.25) is 12.4 Å². The predicted molar refractivity (Wildman–Crippen MR) is 127 cm³/mol. The summed E-state index contributed by atoms with van der Waals surface area (Å²) in [5.74, 6) is -5.23. The molecule has 0 saturated carbocycles. The quantitative estimate of drug-likeness (QED) is 0.182. The van der Waals surface area contributed by atoms with Gasteiger partial charge in [-0.1, -0.05) is 6.07 Å². The van der Waals surface area contributed by atoms with Gasteiger partial charge in [-0.15, -0.1) is 0 Å². The molecule has 0 aromatic heterocycles. The summed E-state index contributed by atoms with van der Waals surface area (Å²) in [5, 5.41) is 0. The minimum absolute atomic E-state index is 0.108. The number of rotatable bonds is 9. The zero-order valence-corrected chi connectivity index (χ0v) is 22.0. The number of benzene rings is 1. The van der Waals surface area contributed by atoms with E-state index in [4.69, 9.17) is 33.2 Å². The van der Waals surface area contributed by atoms with Crippen LogP contribution >= 0.6 is 0 Å². The van der Waals surface area contributed by atoms with E-state index in [-0.39, 0.29) is 11.5 Å². The van der Waals surface area contributed by atoms with Crippen molar-refractivity contribution in [3.8, 4) is 11.5 Å². The summed E-state index contributed by atoms with van der Waals surface area (Å²) in [6.07, 6.45) is -5.66. The summed E-state index contributed by atoms with van der Waals surface area (Å²) < 4.78 is 41.9. The number of carbonyl (C=O) groups is 6. The monoisotopic (exact) mass is 552 g/mol. The smallest absolute Gasteiger partial charge is 0.339 e. The Morgan fingerprint density at radius 3 is 1.87 bits per heavy atom. The molecule has 1 saturated heterocycles. The van der Waals surface area contributed by atoms with E-state index in [9.17, 15) is 28.8 Å². The van der Waals surface area contributed by atoms with Crippen molar-refractivity contribution in [1.29, 1.82) is 0 Å². The molecule has 1 fully saturated rings. The first-order chi connectivity index (χ1) is 18.4. The van der Waals surface area contributed by atoms with Crippen molar-refractivity contribution in [1.82, 2.24) is 0 Å². The van der Waals surface area contributed by atoms with Crippen molar-refractivity contribution in [2.45, 2.75) is 58.4 Å². The van der Waals surface area contributed by atoms with E-state index in [0.29, 0.717) is 5.56 Å². The average Bonchev–Trinajstić information content (AvgIpc) is 2.85. The molecule has 3 unspecified atom stereocenters. The first-order valence-corrected chi connectivity index (χ1v) is 11.4. The van der Waals surface area contributed by atoms with Gasteiger partial charge in [0, 0.05) is 33.8 Å². The summed E-state index contributed by atoms with van der Waals surface area (Å²) in [5.41, 5.74) is 0.380. The first kappa shape index (κ1) is 30.8. The van der Waals surface area contributed by atoms with Crippen LogP contribution in [0.25, 0.3) is 6.08 Å². The lowest BCUT2D eigenvalue weighted by Gasteiger charge is -2.43. The molecule has 5 atom stereocenters. The second-order valence-corrected chi connectivity index (χ2v) is 7.94. The largest absolute Gasteiger partial charge is 0.467 e. The second kappa shape index (κ2) is 13.9. The molecule has 212 valence electrons. The molecule has 0 spiro atoms. The summed E-state index contributed by atoms with van der Waals surface area (Å²) in [7, 11) is 2.24. The molecule has 0 aliphatic carbocycles. The Morgan fingerprint density at radius 1 is 0.744 bits per heavy atom. The highest BCUT2D eigenvalue weighted by molar-refractivity contribution is 5.87. The SMILES string of the molecule is COC(=O)/C=C/c1ccc(OC(C)=O)c(O[C@@H]2OC(C(=O)OC)[C@H](OC(C)=O)C(OC(C)=O)C2OC(C)=O)c1. The molecular weight excluding hydrogens is 524 g/mol. The average molecular weight is 552 g/mol. The standard InChI is InChI=1S/C25H28O14/c1-12(26)34-17-9-7-16(8-10-19(30)32-5)11-18(17)38-25-23(37-15(4)29)21(36-14(3)28)20(35-13(2)27)22(39-25)24(31)33-6/h7-11,20-23,25H,1-6H3/b10-8+/t20-,21?,22?,23?,25-/m1/s1. The van der Waals surface area contributed by atoms with Crippen molar-refractivity contribution in [3.05, 3.63) is 29.8 Å². The van der Waals surface area contributed by atoms with Crippen molar-refractivity contribution >= 4 is 41.9 Å². The fourth-order valence-corrected chi connectivity index (χ4v) is 3.49. The summed E-state index contributed by atoms with van der Waals surface area (Å²) >= 11 is 0. The van der Waals surface area contributed by atoms with Crippen LogP contribution in [0.5, 0.6) is 11.5 Å². The lowest BCUT2D eigenvalue weighted by atomic mass is 9.97. The van der Waals surface area contributed by atoms with Crippen molar-refractivity contribution < 1.29 is 66.7 Å². The van der Waals surface area contributed by atoms with Gasteiger partial charge >= 0.3 is 35.8 Å². The van der Waals surface area contributed by atoms with Gasteiger partial charge in [-0.05, 0) is 23.8 Å². The summed E-state index contributed by atoms with van der Waals surface area (Å²) in [6, 6.07) is 4.18. The maximum atomic E-state index is 12.6. The Balaban J connectivity index is 2.63. The number of ether oxygens (including phenoxy) is 8. The highest BCUT2D eigenvalue weighted by Crippen LogP contribution is 2.35. The van der Waals surface area contributed by atoms with Gasteiger partial charge in [0.15, 0.2) is 29.8 Å². The molecule has 2 rings (SSSR count). The van der Waals surface area contributed by atoms with Crippen LogP contribution in [0.1, 0.15) is 33.3 Å². The Kier molecular flexibility index (Phi) is 11.0. The van der Waals surface area contributed by atoms with Crippen LogP contribution in [0.4, 0.5) is 0 Å². The molecule has 0 radical (unpaired) electrons. The van der Waals surface area contributed by atoms with Crippen molar-refractivity contribution in [2.75, 3.05) is 14.2 Å². The topological polar surface area (TPSA) is 176 Å². The van der Waals surface area contributed by atoms with Gasteiger partial charge in [0.05, 0.1) is 14.2 Å². The minimum atomic E-state index is -1.69. The number of hydrogen-bond acceptors (Lipinski definition) is 14. The Hall–Kier alpha value is -4.46. The molecule has 1 aromatic rings. The van der Waals surface area contributed by atoms with E-state index < -0.39 is 66.5 Å². The number of esters is 6. The number of methoxy groups -OCH3 is 2. The van der Waals surface area contributed by atoms with E-state index >= 15 is 0 Å². The van der Waals surface area contributed by atoms with Crippen LogP contribution in [0.15, 0.2) is 24.3 Å². The lowest BCUT2D eigenvalue weighted by molar-refractivity contribution is -0.282. The van der Waals surface area contributed by atoms with Crippen LogP contribution in [0.3, 0.4) is 0 Å². The molecule has 1 aliphatic rings. The van der Waals surface area contributed by atoms with Crippen LogP contribution in [0.2, 0.25) is 0 Å². The van der Waals surface area contributed by atoms with E-state index in [2.05, 4.69) is 4.74 Å². The zero-order valence-electron chi connectivity index (χ0n) is 22.0. The third-order valence-corrected chi connectivity index (χ3v) is 4.91. The van der Waals surface area contributed by atoms with Gasteiger partial charge < -0.3 is 37.9 Å². The third-order valence-electron chi connectivity index (χ3n) is 4.91. The second-order valence-electron chi connectivity index (χ2n) is 7.94. The molecule has 14 heteroatoms. The Labute approximate surface area is 223 Å². The highest BCUT2D eigenvalue weighted by atomic mass is 16.7. The van der Waals surface area contributed by atoms with Crippen LogP contribution in [0, 0.1) is 0 Å². The Bertz CT molecular complexity index is 1140. The van der Waals surface area contributed by atoms with Crippen LogP contribution in [-0.2, 0) is 57.2 Å². The molecule has 1 aliphatic heterocycles. The lowest BCUT2D eigenvalue weighted by Crippen LogP contribution is -2.64. The van der Waals surface area contributed by atoms with Crippen LogP contribution < -0.4 is 9.47 Å². The van der Waals surface area contributed by atoms with Gasteiger partial charge in [0.1, 0.15) is 0 Å². The highest BCUT2D eigenvalue weighted by Gasteiger charge is 2.56. The van der Waals surface area contributed by atoms with E-state index in [1.165, 1.54) is 31.4 Å². The molecule has 1 aromatic carbocycles. The Morgan fingerprint density at radius 2 is 1.33 bits per heavy atom. The van der Waals surface area contributed by atoms with E-state index in [0.717, 1.165) is 40.9 Å². The fourth-order valence-electron chi connectivity index (χ4n) is 3.49. The number of hydrogen-bond donors (Lipinski definition) is 0. The molecule has 0 N–H and O–H groups in total. The molecule has 14 nitrogen and oxygen atoms in total. The molecule has 0 amide bonds. The third kappa shape index (κ3) is 8.81. The van der Waals surface area contributed by atoms with Gasteiger partial charge in [-0.2, -0.15) is 0 Å². The molecular formula is C25H28O14. The first-order valence-electron chi connectivity index (χ1n) is 11.4. The summed E-state index contributed by atoms with van der Waals surface area (Å²) in [4.78, 5) is 71.6.